The van der Waals surface area contributed by atoms with E-state index in [1.165, 1.54) is 4.68 Å². The molecule has 0 bridgehead atoms. The van der Waals surface area contributed by atoms with Gasteiger partial charge in [0.2, 0.25) is 0 Å². The fraction of sp³-hybridized carbons (Fsp3) is 0.700. The Morgan fingerprint density at radius 3 is 2.74 bits per heavy atom. The number of nitrogens with one attached hydrogen (secondary N) is 1. The molecule has 5 rings (SSSR count). The van der Waals surface area contributed by atoms with Gasteiger partial charge in [-0.05, 0) is 18.9 Å². The first-order valence-electron chi connectivity index (χ1n) is 11.3. The van der Waals surface area contributed by atoms with Gasteiger partial charge in [0.25, 0.3) is 0 Å². The van der Waals surface area contributed by atoms with Gasteiger partial charge in [0.15, 0.2) is 17.2 Å². The Balaban J connectivity index is 1.36. The third-order valence-electron chi connectivity index (χ3n) is 6.84. The lowest BCUT2D eigenvalue weighted by atomic mass is 10.1. The van der Waals surface area contributed by atoms with E-state index in [0.717, 1.165) is 31.4 Å². The Morgan fingerprint density at radius 1 is 1.29 bits per heavy atom. The van der Waals surface area contributed by atoms with E-state index in [-0.39, 0.29) is 31.4 Å². The van der Waals surface area contributed by atoms with Crippen molar-refractivity contribution in [2.75, 3.05) is 25.1 Å². The van der Waals surface area contributed by atoms with E-state index in [1.54, 1.807) is 12.3 Å². The highest BCUT2D eigenvalue weighted by molar-refractivity contribution is 7.53. The molecule has 14 heteroatoms. The van der Waals surface area contributed by atoms with Crippen LogP contribution in [0.25, 0.3) is 11.0 Å². The summed E-state index contributed by atoms with van der Waals surface area (Å²) in [6.45, 7) is -0.479. The van der Waals surface area contributed by atoms with E-state index in [1.807, 2.05) is 0 Å². The third kappa shape index (κ3) is 4.36. The summed E-state index contributed by atoms with van der Waals surface area (Å²) in [5.41, 5.74) is 1.16. The van der Waals surface area contributed by atoms with Gasteiger partial charge < -0.3 is 39.5 Å². The fourth-order valence-corrected chi connectivity index (χ4v) is 5.93. The van der Waals surface area contributed by atoms with Crippen molar-refractivity contribution >= 4 is 35.9 Å². The first-order valence-corrected chi connectivity index (χ1v) is 13.3. The topological polar surface area (TPSA) is 168 Å². The highest BCUT2D eigenvalue weighted by atomic mass is 35.5. The van der Waals surface area contributed by atoms with Crippen LogP contribution in [0.2, 0.25) is 5.15 Å². The molecule has 4 heterocycles. The largest absolute Gasteiger partial charge is 0.387 e. The van der Waals surface area contributed by atoms with Crippen LogP contribution < -0.4 is 5.32 Å². The maximum absolute atomic E-state index is 12.0. The Hall–Kier alpha value is -1.34. The van der Waals surface area contributed by atoms with Gasteiger partial charge in [-0.3, -0.25) is 4.57 Å². The van der Waals surface area contributed by atoms with E-state index in [2.05, 4.69) is 15.4 Å². The minimum absolute atomic E-state index is 0.00899. The monoisotopic (exact) mass is 518 g/mol. The van der Waals surface area contributed by atoms with E-state index in [9.17, 15) is 24.6 Å². The van der Waals surface area contributed by atoms with Gasteiger partial charge in [-0.1, -0.05) is 24.4 Å². The number of anilines is 1. The Bertz CT molecular complexity index is 1080. The number of hydrogen-bond donors (Lipinski definition) is 5. The summed E-state index contributed by atoms with van der Waals surface area (Å²) in [6.07, 6.45) is 1.15. The zero-order valence-corrected chi connectivity index (χ0v) is 19.9. The number of pyridine rings is 1. The molecule has 5 N–H and O–H groups in total. The maximum Gasteiger partial charge on any atom is 0.359 e. The second-order valence-electron chi connectivity index (χ2n) is 9.09. The van der Waals surface area contributed by atoms with E-state index < -0.39 is 37.5 Å². The zero-order chi connectivity index (χ0) is 24.1. The van der Waals surface area contributed by atoms with Crippen LogP contribution in [0.5, 0.6) is 0 Å². The van der Waals surface area contributed by atoms with E-state index in [4.69, 9.17) is 25.8 Å². The number of ether oxygens (including phenoxy) is 3. The summed E-state index contributed by atoms with van der Waals surface area (Å²) >= 11 is 6.27. The number of rotatable bonds is 7. The van der Waals surface area contributed by atoms with Crippen LogP contribution in [0, 0.1) is 0 Å². The lowest BCUT2D eigenvalue weighted by Crippen LogP contribution is -2.39. The lowest BCUT2D eigenvalue weighted by Gasteiger charge is -2.30. The molecule has 5 atom stereocenters. The number of aliphatic hydroxyl groups excluding tert-OH is 2. The zero-order valence-electron chi connectivity index (χ0n) is 18.3. The van der Waals surface area contributed by atoms with Crippen molar-refractivity contribution in [1.82, 2.24) is 14.8 Å². The molecule has 34 heavy (non-hydrogen) atoms. The Morgan fingerprint density at radius 2 is 2.06 bits per heavy atom. The second-order valence-corrected chi connectivity index (χ2v) is 11.4. The molecule has 2 aliphatic heterocycles. The van der Waals surface area contributed by atoms with Gasteiger partial charge in [0.05, 0.1) is 37.1 Å². The van der Waals surface area contributed by atoms with E-state index in [0.29, 0.717) is 17.1 Å². The first kappa shape index (κ1) is 24.4. The quantitative estimate of drug-likeness (QED) is 0.265. The predicted octanol–water partition coefficient (Wildman–Crippen LogP) is 1.37. The number of halogens is 1. The predicted molar refractivity (Wildman–Crippen MR) is 121 cm³/mol. The molecular formula is C20H28ClN4O8P. The molecule has 3 fully saturated rings. The Labute approximate surface area is 200 Å². The smallest absolute Gasteiger partial charge is 0.359 e. The molecule has 2 aromatic rings. The highest BCUT2D eigenvalue weighted by Crippen LogP contribution is 2.55. The molecule has 188 valence electrons. The number of hydrogen-bond acceptors (Lipinski definition) is 9. The van der Waals surface area contributed by atoms with Crippen molar-refractivity contribution in [2.45, 2.75) is 68.0 Å². The van der Waals surface area contributed by atoms with Gasteiger partial charge in [-0.2, -0.15) is 5.10 Å². The molecular weight excluding hydrogens is 491 g/mol. The fourth-order valence-electron chi connectivity index (χ4n) is 4.85. The molecule has 0 aromatic carbocycles. The summed E-state index contributed by atoms with van der Waals surface area (Å²) in [5.74, 6) is 0. The van der Waals surface area contributed by atoms with E-state index >= 15 is 0 Å². The van der Waals surface area contributed by atoms with Crippen LogP contribution in [-0.4, -0.2) is 84.3 Å². The summed E-state index contributed by atoms with van der Waals surface area (Å²) in [5, 5.41) is 28.2. The first-order chi connectivity index (χ1) is 16.2. The number of aliphatic hydroxyl groups is 2. The van der Waals surface area contributed by atoms with Crippen LogP contribution in [0.1, 0.15) is 38.3 Å². The summed E-state index contributed by atoms with van der Waals surface area (Å²) in [4.78, 5) is 23.8. The minimum Gasteiger partial charge on any atom is -0.387 e. The Kier molecular flexibility index (Phi) is 6.64. The van der Waals surface area contributed by atoms with Crippen molar-refractivity contribution in [2.24, 2.45) is 0 Å². The van der Waals surface area contributed by atoms with Crippen molar-refractivity contribution in [3.8, 4) is 0 Å². The molecule has 12 nitrogen and oxygen atoms in total. The lowest BCUT2D eigenvalue weighted by molar-refractivity contribution is -0.0986. The molecule has 0 radical (unpaired) electrons. The molecule has 3 aliphatic rings. The van der Waals surface area contributed by atoms with Gasteiger partial charge in [0.1, 0.15) is 23.5 Å². The van der Waals surface area contributed by atoms with Crippen LogP contribution in [0.4, 0.5) is 5.69 Å². The van der Waals surface area contributed by atoms with Crippen LogP contribution in [-0.2, 0) is 18.8 Å². The number of aromatic nitrogens is 3. The average Bonchev–Trinajstić information content (AvgIpc) is 3.56. The third-order valence-corrected chi connectivity index (χ3v) is 8.58. The van der Waals surface area contributed by atoms with Crippen molar-refractivity contribution in [3.05, 3.63) is 17.4 Å². The number of fused-ring (bicyclic) bond motifs is 1. The van der Waals surface area contributed by atoms with Crippen molar-refractivity contribution in [1.29, 1.82) is 0 Å². The normalized spacial score (nSPS) is 32.7. The molecule has 0 amide bonds. The molecule has 1 unspecified atom stereocenters. The highest BCUT2D eigenvalue weighted by Gasteiger charge is 2.53. The van der Waals surface area contributed by atoms with Gasteiger partial charge in [-0.25, -0.2) is 9.67 Å². The molecule has 0 spiro atoms. The van der Waals surface area contributed by atoms with Crippen LogP contribution >= 0.6 is 19.2 Å². The SMILES string of the molecule is O=P(O)(O)C1(OC[C@H]2O[C@@H](n3ncc4c(NC5CCCC5)cc(Cl)nc43)[C@H](O)[C@@H]2O)CCOC1. The standard InChI is InChI=1S/C20H28ClN4O8P/c21-15-7-13(23-11-3-1-2-4-11)12-8-22-25(18(12)24-15)19-17(27)16(26)14(33-19)9-32-20(34(28,29)30)5-6-31-10-20/h7-8,11,14,16-17,19,26-27H,1-6,9-10H2,(H,23,24)(H2,28,29,30)/t14-,16-,17-,19-,20?/m1/s1. The molecule has 1 saturated carbocycles. The second kappa shape index (κ2) is 9.27. The average molecular weight is 519 g/mol. The molecule has 1 aliphatic carbocycles. The van der Waals surface area contributed by atoms with Gasteiger partial charge in [0, 0.05) is 12.5 Å². The maximum atomic E-state index is 12.0. The molecule has 2 saturated heterocycles. The molecule has 2 aromatic heterocycles. The van der Waals surface area contributed by atoms with Crippen LogP contribution in [0.3, 0.4) is 0 Å². The van der Waals surface area contributed by atoms with Crippen molar-refractivity contribution in [3.63, 3.8) is 0 Å². The van der Waals surface area contributed by atoms with Crippen molar-refractivity contribution < 1.29 is 38.8 Å². The number of nitrogens with zero attached hydrogens (tertiary/aromatic N) is 3. The van der Waals surface area contributed by atoms with Gasteiger partial charge >= 0.3 is 7.60 Å². The summed E-state index contributed by atoms with van der Waals surface area (Å²) in [7, 11) is -4.65. The van der Waals surface area contributed by atoms with Crippen LogP contribution in [0.15, 0.2) is 12.3 Å². The van der Waals surface area contributed by atoms with Gasteiger partial charge in [-0.15, -0.1) is 0 Å². The minimum atomic E-state index is -4.65. The summed E-state index contributed by atoms with van der Waals surface area (Å²) < 4.78 is 29.9. The summed E-state index contributed by atoms with van der Waals surface area (Å²) in [6, 6.07) is 2.07.